The van der Waals surface area contributed by atoms with Gasteiger partial charge in [0.25, 0.3) is 10.5 Å². The van der Waals surface area contributed by atoms with Crippen LogP contribution in [-0.4, -0.2) is 23.7 Å². The highest BCUT2D eigenvalue weighted by atomic mass is 28.2. The van der Waals surface area contributed by atoms with Crippen molar-refractivity contribution >= 4 is 10.5 Å². The van der Waals surface area contributed by atoms with Crippen LogP contribution >= 0.6 is 0 Å². The summed E-state index contributed by atoms with van der Waals surface area (Å²) in [6.45, 7) is 4.39. The molecule has 0 aliphatic rings. The second-order valence-electron chi connectivity index (χ2n) is 4.73. The summed E-state index contributed by atoms with van der Waals surface area (Å²) in [5.74, 6) is -2.60. The molecule has 0 atom stereocenters. The van der Waals surface area contributed by atoms with E-state index in [-0.39, 0.29) is 0 Å². The average Bonchev–Trinajstić information content (AvgIpc) is 2.55. The van der Waals surface area contributed by atoms with Gasteiger partial charge in [0.2, 0.25) is 0 Å². The largest absolute Gasteiger partial charge is 0.367 e. The van der Waals surface area contributed by atoms with Crippen LogP contribution in [0.15, 0.2) is 42.5 Å². The molecule has 0 heterocycles. The van der Waals surface area contributed by atoms with Crippen LogP contribution in [0.3, 0.4) is 0 Å². The number of rotatable bonds is 7. The fourth-order valence-electron chi connectivity index (χ4n) is 2.28. The minimum Gasteiger partial charge on any atom is -0.367 e. The highest BCUT2D eigenvalue weighted by Crippen LogP contribution is 2.31. The van der Waals surface area contributed by atoms with Gasteiger partial charge in [0, 0.05) is 30.4 Å². The summed E-state index contributed by atoms with van der Waals surface area (Å²) in [5.41, 5.74) is 1.54. The first kappa shape index (κ1) is 17.7. The molecular weight excluding hydrogens is 318 g/mol. The van der Waals surface area contributed by atoms with E-state index in [0.29, 0.717) is 29.9 Å². The molecule has 121 valence electrons. The van der Waals surface area contributed by atoms with Crippen LogP contribution in [0.25, 0.3) is 11.1 Å². The van der Waals surface area contributed by atoms with Crippen molar-refractivity contribution in [2.24, 2.45) is 0 Å². The highest BCUT2D eigenvalue weighted by Gasteiger charge is 2.33. The van der Waals surface area contributed by atoms with Crippen LogP contribution in [0.5, 0.6) is 0 Å². The number of halogens is 2. The topological polar surface area (TPSA) is 27.7 Å². The number of hydrogen-bond acceptors (Lipinski definition) is 3. The highest BCUT2D eigenvalue weighted by molar-refractivity contribution is 5.98. The number of ether oxygens (including phenoxy) is 2. The Balaban J connectivity index is 2.37. The van der Waals surface area contributed by atoms with Crippen molar-refractivity contribution in [2.75, 3.05) is 13.2 Å². The molecule has 2 rings (SSSR count). The third-order valence-corrected chi connectivity index (χ3v) is 3.55. The zero-order chi connectivity index (χ0) is 16.9. The summed E-state index contributed by atoms with van der Waals surface area (Å²) in [7, 11) is 3.00. The maximum Gasteiger partial charge on any atom is 0.302 e. The first-order chi connectivity index (χ1) is 11.1. The summed E-state index contributed by atoms with van der Waals surface area (Å²) in [6.07, 6.45) is 0. The lowest BCUT2D eigenvalue weighted by Crippen LogP contribution is -2.35. The lowest BCUT2D eigenvalue weighted by Gasteiger charge is -2.31. The fraction of sp³-hybridized carbons (Fsp3) is 0.294. The second kappa shape index (κ2) is 7.78. The molecule has 0 aliphatic heterocycles. The van der Waals surface area contributed by atoms with Gasteiger partial charge in [-0.25, -0.2) is 8.78 Å². The quantitative estimate of drug-likeness (QED) is 0.567. The molecule has 0 aromatic heterocycles. The Kier molecular flexibility index (Phi) is 6.01. The molecule has 6 heteroatoms. The first-order valence-electron chi connectivity index (χ1n) is 7.25. The van der Waals surface area contributed by atoms with Crippen LogP contribution in [0.4, 0.5) is 8.78 Å². The third-order valence-electron chi connectivity index (χ3n) is 3.28. The fourth-order valence-corrected chi connectivity index (χ4v) is 2.52. The molecule has 23 heavy (non-hydrogen) atoms. The van der Waals surface area contributed by atoms with Crippen LogP contribution < -0.4 is 0 Å². The Morgan fingerprint density at radius 2 is 1.57 bits per heavy atom. The summed E-state index contributed by atoms with van der Waals surface area (Å²) < 4.78 is 43.2. The maximum atomic E-state index is 13.9. The molecule has 0 fully saturated rings. The van der Waals surface area contributed by atoms with Gasteiger partial charge in [-0.2, -0.15) is 0 Å². The smallest absolute Gasteiger partial charge is 0.302 e. The minimum absolute atomic E-state index is 0.315. The van der Waals surface area contributed by atoms with E-state index >= 15 is 0 Å². The van der Waals surface area contributed by atoms with Crippen LogP contribution in [0.2, 0.25) is 0 Å². The van der Waals surface area contributed by atoms with Crippen molar-refractivity contribution in [1.82, 2.24) is 0 Å². The molecule has 0 saturated heterocycles. The predicted octanol–water partition coefficient (Wildman–Crippen LogP) is 3.92. The lowest BCUT2D eigenvalue weighted by molar-refractivity contribution is -0.352. The molecular formula is C17H17F2O3Si. The van der Waals surface area contributed by atoms with Gasteiger partial charge >= 0.3 is 5.97 Å². The molecule has 3 nitrogen and oxygen atoms in total. The Hall–Kier alpha value is -1.60. The normalized spacial score (nSPS) is 11.7. The van der Waals surface area contributed by atoms with E-state index in [1.165, 1.54) is 12.1 Å². The van der Waals surface area contributed by atoms with E-state index in [1.54, 1.807) is 24.3 Å². The van der Waals surface area contributed by atoms with Gasteiger partial charge < -0.3 is 13.9 Å². The molecule has 0 aliphatic carbocycles. The average molecular weight is 335 g/mol. The van der Waals surface area contributed by atoms with E-state index in [1.807, 2.05) is 13.8 Å². The van der Waals surface area contributed by atoms with Gasteiger partial charge in [0.1, 0.15) is 11.6 Å². The van der Waals surface area contributed by atoms with Gasteiger partial charge in [0.15, 0.2) is 0 Å². The standard InChI is InChI=1S/C17H17F2O3Si/c1-3-20-17(22-23,21-4-2)13-7-5-12(6-8-13)15-10-9-14(18)11-16(15)19/h5-11H,3-4H2,1-2H3. The monoisotopic (exact) mass is 335 g/mol. The van der Waals surface area contributed by atoms with Crippen molar-refractivity contribution in [1.29, 1.82) is 0 Å². The first-order valence-corrected chi connectivity index (χ1v) is 7.65. The van der Waals surface area contributed by atoms with E-state index in [4.69, 9.17) is 13.9 Å². The summed E-state index contributed by atoms with van der Waals surface area (Å²) in [6, 6.07) is 10.3. The van der Waals surface area contributed by atoms with Crippen LogP contribution in [-0.2, 0) is 19.9 Å². The summed E-state index contributed by atoms with van der Waals surface area (Å²) in [5, 5.41) is 0. The molecule has 0 saturated carbocycles. The van der Waals surface area contributed by atoms with E-state index < -0.39 is 17.6 Å². The van der Waals surface area contributed by atoms with E-state index in [9.17, 15) is 8.78 Å². The van der Waals surface area contributed by atoms with Crippen molar-refractivity contribution in [3.8, 4) is 11.1 Å². The third kappa shape index (κ3) is 3.84. The Labute approximate surface area is 137 Å². The van der Waals surface area contributed by atoms with Gasteiger partial charge in [0.05, 0.1) is 0 Å². The maximum absolute atomic E-state index is 13.9. The molecule has 3 radical (unpaired) electrons. The number of hydrogen-bond donors (Lipinski definition) is 0. The second-order valence-corrected chi connectivity index (χ2v) is 4.93. The Morgan fingerprint density at radius 3 is 2.04 bits per heavy atom. The molecule has 2 aromatic carbocycles. The lowest BCUT2D eigenvalue weighted by atomic mass is 10.0. The van der Waals surface area contributed by atoms with Gasteiger partial charge in [-0.1, -0.05) is 24.3 Å². The zero-order valence-electron chi connectivity index (χ0n) is 12.9. The van der Waals surface area contributed by atoms with Crippen LogP contribution in [0.1, 0.15) is 19.4 Å². The molecule has 0 spiro atoms. The summed E-state index contributed by atoms with van der Waals surface area (Å²) in [4.78, 5) is 0. The van der Waals surface area contributed by atoms with Crippen LogP contribution in [0, 0.1) is 11.6 Å². The van der Waals surface area contributed by atoms with E-state index in [0.717, 1.165) is 6.07 Å². The molecule has 0 unspecified atom stereocenters. The zero-order valence-corrected chi connectivity index (χ0v) is 13.9. The predicted molar refractivity (Wildman–Crippen MR) is 83.6 cm³/mol. The Morgan fingerprint density at radius 1 is 0.957 bits per heavy atom. The molecule has 0 N–H and O–H groups in total. The molecule has 0 amide bonds. The van der Waals surface area contributed by atoms with E-state index in [2.05, 4.69) is 10.5 Å². The van der Waals surface area contributed by atoms with Gasteiger partial charge in [-0.15, -0.1) is 0 Å². The van der Waals surface area contributed by atoms with Crippen molar-refractivity contribution < 1.29 is 22.7 Å². The van der Waals surface area contributed by atoms with Gasteiger partial charge in [-0.3, -0.25) is 0 Å². The summed E-state index contributed by atoms with van der Waals surface area (Å²) >= 11 is 0. The molecule has 2 aromatic rings. The van der Waals surface area contributed by atoms with Crippen molar-refractivity contribution in [3.05, 3.63) is 59.7 Å². The number of benzene rings is 2. The SMILES string of the molecule is CCOC(O[Si])(OCC)c1ccc(-c2ccc(F)cc2F)cc1. The van der Waals surface area contributed by atoms with Crippen molar-refractivity contribution in [2.45, 2.75) is 19.8 Å². The van der Waals surface area contributed by atoms with Crippen molar-refractivity contribution in [3.63, 3.8) is 0 Å². The molecule has 0 bridgehead atoms. The Bertz CT molecular complexity index is 641. The van der Waals surface area contributed by atoms with Gasteiger partial charge in [-0.05, 0) is 31.5 Å². The minimum atomic E-state index is -1.37.